The van der Waals surface area contributed by atoms with Gasteiger partial charge in [0.25, 0.3) is 5.91 Å². The van der Waals surface area contributed by atoms with Gasteiger partial charge in [-0.2, -0.15) is 0 Å². The number of carbonyl (C=O) groups is 1. The van der Waals surface area contributed by atoms with E-state index in [0.29, 0.717) is 22.9 Å². The van der Waals surface area contributed by atoms with Crippen LogP contribution in [0.1, 0.15) is 28.6 Å². The Morgan fingerprint density at radius 2 is 2.37 bits per heavy atom. The maximum absolute atomic E-state index is 12.5. The number of aliphatic hydroxyl groups is 2. The summed E-state index contributed by atoms with van der Waals surface area (Å²) in [5.41, 5.74) is 0.653. The largest absolute Gasteiger partial charge is 0.394 e. The molecule has 1 fully saturated rings. The van der Waals surface area contributed by atoms with Gasteiger partial charge in [0, 0.05) is 12.1 Å². The number of amides is 1. The van der Waals surface area contributed by atoms with E-state index in [1.165, 1.54) is 11.3 Å². The SMILES string of the molecule is CC1CCN(C(=O)c2sccc2C#CCO)C1CO. The lowest BCUT2D eigenvalue weighted by molar-refractivity contribution is 0.0653. The fourth-order valence-corrected chi connectivity index (χ4v) is 3.18. The summed E-state index contributed by atoms with van der Waals surface area (Å²) in [7, 11) is 0. The molecule has 2 unspecified atom stereocenters. The average Bonchev–Trinajstić information content (AvgIpc) is 3.01. The van der Waals surface area contributed by atoms with Crippen LogP contribution in [-0.2, 0) is 0 Å². The molecule has 0 saturated carbocycles. The number of nitrogens with zero attached hydrogens (tertiary/aromatic N) is 1. The Balaban J connectivity index is 2.23. The Bertz CT molecular complexity index is 514. The summed E-state index contributed by atoms with van der Waals surface area (Å²) in [5.74, 6) is 5.61. The molecular weight excluding hydrogens is 262 g/mol. The van der Waals surface area contributed by atoms with Crippen LogP contribution < -0.4 is 0 Å². The minimum absolute atomic E-state index is 0.00403. The smallest absolute Gasteiger partial charge is 0.265 e. The lowest BCUT2D eigenvalue weighted by Crippen LogP contribution is -2.39. The van der Waals surface area contributed by atoms with Crippen molar-refractivity contribution in [2.45, 2.75) is 19.4 Å². The van der Waals surface area contributed by atoms with Crippen molar-refractivity contribution in [3.8, 4) is 11.8 Å². The summed E-state index contributed by atoms with van der Waals surface area (Å²) in [6.07, 6.45) is 0.917. The third kappa shape index (κ3) is 2.81. The quantitative estimate of drug-likeness (QED) is 0.792. The zero-order valence-corrected chi connectivity index (χ0v) is 11.6. The zero-order chi connectivity index (χ0) is 13.8. The Hall–Kier alpha value is -1.35. The molecule has 19 heavy (non-hydrogen) atoms. The summed E-state index contributed by atoms with van der Waals surface area (Å²) >= 11 is 1.35. The maximum Gasteiger partial charge on any atom is 0.265 e. The standard InChI is InChI=1S/C14H17NO3S/c1-10-4-6-15(12(10)9-17)14(18)13-11(3-2-7-16)5-8-19-13/h5,8,10,12,16-17H,4,6-7,9H2,1H3. The Kier molecular flexibility index (Phi) is 4.59. The first-order valence-electron chi connectivity index (χ1n) is 6.28. The molecule has 102 valence electrons. The third-order valence-corrected chi connectivity index (χ3v) is 4.39. The van der Waals surface area contributed by atoms with Crippen molar-refractivity contribution in [2.24, 2.45) is 5.92 Å². The van der Waals surface area contributed by atoms with E-state index in [2.05, 4.69) is 18.8 Å². The predicted octanol–water partition coefficient (Wildman–Crippen LogP) is 0.935. The fourth-order valence-electron chi connectivity index (χ4n) is 2.38. The van der Waals surface area contributed by atoms with Crippen LogP contribution in [0.25, 0.3) is 0 Å². The number of aliphatic hydroxyl groups excluding tert-OH is 2. The van der Waals surface area contributed by atoms with Crippen molar-refractivity contribution < 1.29 is 15.0 Å². The molecule has 1 saturated heterocycles. The van der Waals surface area contributed by atoms with E-state index in [1.54, 1.807) is 11.0 Å². The highest BCUT2D eigenvalue weighted by Gasteiger charge is 2.35. The fraction of sp³-hybridized carbons (Fsp3) is 0.500. The second kappa shape index (κ2) is 6.20. The molecule has 1 amide bonds. The van der Waals surface area contributed by atoms with E-state index < -0.39 is 0 Å². The van der Waals surface area contributed by atoms with Crippen LogP contribution in [0.5, 0.6) is 0 Å². The van der Waals surface area contributed by atoms with Crippen molar-refractivity contribution in [1.29, 1.82) is 0 Å². The van der Waals surface area contributed by atoms with Crippen LogP contribution in [0.4, 0.5) is 0 Å². The lowest BCUT2D eigenvalue weighted by atomic mass is 10.0. The number of likely N-dealkylation sites (tertiary alicyclic amines) is 1. The number of hydrogen-bond donors (Lipinski definition) is 2. The topological polar surface area (TPSA) is 60.8 Å². The van der Waals surface area contributed by atoms with Crippen molar-refractivity contribution in [3.05, 3.63) is 21.9 Å². The van der Waals surface area contributed by atoms with E-state index in [0.717, 1.165) is 6.42 Å². The summed E-state index contributed by atoms with van der Waals surface area (Å²) < 4.78 is 0. The molecule has 2 rings (SSSR count). The van der Waals surface area contributed by atoms with Crippen molar-refractivity contribution in [2.75, 3.05) is 19.8 Å². The summed E-state index contributed by atoms with van der Waals surface area (Å²) in [6.45, 7) is 2.50. The van der Waals surface area contributed by atoms with Crippen molar-refractivity contribution in [1.82, 2.24) is 4.90 Å². The number of thiophene rings is 1. The first-order chi connectivity index (χ1) is 9.19. The zero-order valence-electron chi connectivity index (χ0n) is 10.8. The molecule has 2 heterocycles. The van der Waals surface area contributed by atoms with Gasteiger partial charge < -0.3 is 15.1 Å². The number of carbonyl (C=O) groups excluding carboxylic acids is 1. The van der Waals surface area contributed by atoms with Gasteiger partial charge in [0.15, 0.2) is 0 Å². The van der Waals surface area contributed by atoms with Gasteiger partial charge >= 0.3 is 0 Å². The van der Waals surface area contributed by atoms with E-state index >= 15 is 0 Å². The number of rotatable bonds is 2. The molecule has 0 aromatic carbocycles. The number of hydrogen-bond acceptors (Lipinski definition) is 4. The molecule has 0 bridgehead atoms. The van der Waals surface area contributed by atoms with Crippen LogP contribution in [0.3, 0.4) is 0 Å². The van der Waals surface area contributed by atoms with E-state index in [9.17, 15) is 9.90 Å². The van der Waals surface area contributed by atoms with Crippen LogP contribution in [0.2, 0.25) is 0 Å². The summed E-state index contributed by atoms with van der Waals surface area (Å²) in [5, 5.41) is 20.0. The second-order valence-corrected chi connectivity index (χ2v) is 5.55. The molecule has 0 spiro atoms. The summed E-state index contributed by atoms with van der Waals surface area (Å²) in [4.78, 5) is 14.8. The minimum Gasteiger partial charge on any atom is -0.394 e. The Morgan fingerprint density at radius 3 is 3.05 bits per heavy atom. The van der Waals surface area contributed by atoms with E-state index in [4.69, 9.17) is 5.11 Å². The Morgan fingerprint density at radius 1 is 1.58 bits per heavy atom. The molecule has 0 radical (unpaired) electrons. The van der Waals surface area contributed by atoms with Gasteiger partial charge in [-0.3, -0.25) is 4.79 Å². The van der Waals surface area contributed by atoms with E-state index in [-0.39, 0.29) is 25.2 Å². The highest BCUT2D eigenvalue weighted by atomic mass is 32.1. The van der Waals surface area contributed by atoms with Gasteiger partial charge in [0.05, 0.1) is 12.6 Å². The summed E-state index contributed by atoms with van der Waals surface area (Å²) in [6, 6.07) is 1.68. The molecule has 1 aliphatic rings. The van der Waals surface area contributed by atoms with Gasteiger partial charge in [-0.05, 0) is 23.8 Å². The predicted molar refractivity (Wildman–Crippen MR) is 74.0 cm³/mol. The molecular formula is C14H17NO3S. The van der Waals surface area contributed by atoms with Crippen LogP contribution in [0, 0.1) is 17.8 Å². The van der Waals surface area contributed by atoms with Crippen molar-refractivity contribution >= 4 is 17.2 Å². The molecule has 0 aliphatic carbocycles. The first-order valence-corrected chi connectivity index (χ1v) is 7.16. The first kappa shape index (κ1) is 14.1. The molecule has 1 aromatic rings. The average molecular weight is 279 g/mol. The maximum atomic E-state index is 12.5. The normalized spacial score (nSPS) is 22.2. The second-order valence-electron chi connectivity index (χ2n) is 4.64. The van der Waals surface area contributed by atoms with Crippen molar-refractivity contribution in [3.63, 3.8) is 0 Å². The van der Waals surface area contributed by atoms with Crippen LogP contribution in [-0.4, -0.2) is 46.8 Å². The monoisotopic (exact) mass is 279 g/mol. The molecule has 2 N–H and O–H groups in total. The molecule has 4 nitrogen and oxygen atoms in total. The Labute approximate surface area is 116 Å². The molecule has 1 aromatic heterocycles. The van der Waals surface area contributed by atoms with Gasteiger partial charge in [0.2, 0.25) is 0 Å². The lowest BCUT2D eigenvalue weighted by Gasteiger charge is -2.24. The minimum atomic E-state index is -0.219. The molecule has 2 atom stereocenters. The third-order valence-electron chi connectivity index (χ3n) is 3.49. The van der Waals surface area contributed by atoms with Gasteiger partial charge in [0.1, 0.15) is 11.5 Å². The van der Waals surface area contributed by atoms with E-state index in [1.807, 2.05) is 5.38 Å². The highest BCUT2D eigenvalue weighted by Crippen LogP contribution is 2.27. The molecule has 1 aliphatic heterocycles. The highest BCUT2D eigenvalue weighted by molar-refractivity contribution is 7.12. The van der Waals surface area contributed by atoms with Gasteiger partial charge in [-0.15, -0.1) is 11.3 Å². The van der Waals surface area contributed by atoms with Crippen LogP contribution >= 0.6 is 11.3 Å². The molecule has 5 heteroatoms. The van der Waals surface area contributed by atoms with Gasteiger partial charge in [-0.1, -0.05) is 18.8 Å². The van der Waals surface area contributed by atoms with Crippen LogP contribution in [0.15, 0.2) is 11.4 Å². The van der Waals surface area contributed by atoms with Gasteiger partial charge in [-0.25, -0.2) is 0 Å².